The molecule has 14 heavy (non-hydrogen) atoms. The van der Waals surface area contributed by atoms with Crippen LogP contribution in [0.4, 0.5) is 0 Å². The van der Waals surface area contributed by atoms with Crippen LogP contribution < -0.4 is 5.73 Å². The van der Waals surface area contributed by atoms with Gasteiger partial charge in [-0.25, -0.2) is 4.98 Å². The zero-order chi connectivity index (χ0) is 10.8. The molecule has 0 aromatic carbocycles. The summed E-state index contributed by atoms with van der Waals surface area (Å²) >= 11 is 1.76. The molecule has 80 valence electrons. The molecule has 0 radical (unpaired) electrons. The number of aromatic nitrogens is 1. The third-order valence-electron chi connectivity index (χ3n) is 2.11. The van der Waals surface area contributed by atoms with Crippen molar-refractivity contribution in [3.63, 3.8) is 0 Å². The van der Waals surface area contributed by atoms with Crippen LogP contribution in [-0.4, -0.2) is 30.5 Å². The molecule has 0 aliphatic rings. The lowest BCUT2D eigenvalue weighted by Gasteiger charge is -2.18. The molecule has 4 heteroatoms. The molecule has 1 aromatic heterocycles. The van der Waals surface area contributed by atoms with Gasteiger partial charge >= 0.3 is 0 Å². The normalized spacial score (nSPS) is 12.4. The van der Waals surface area contributed by atoms with Gasteiger partial charge in [-0.2, -0.15) is 0 Å². The molecule has 0 spiro atoms. The van der Waals surface area contributed by atoms with Crippen molar-refractivity contribution in [1.82, 2.24) is 9.88 Å². The van der Waals surface area contributed by atoms with E-state index in [0.717, 1.165) is 11.6 Å². The molecule has 0 aliphatic carbocycles. The zero-order valence-corrected chi connectivity index (χ0v) is 10.2. The van der Waals surface area contributed by atoms with Gasteiger partial charge in [0.15, 0.2) is 0 Å². The van der Waals surface area contributed by atoms with Crippen molar-refractivity contribution in [2.24, 2.45) is 5.73 Å². The minimum Gasteiger partial charge on any atom is -0.330 e. The topological polar surface area (TPSA) is 42.2 Å². The van der Waals surface area contributed by atoms with Crippen molar-refractivity contribution in [3.05, 3.63) is 16.1 Å². The summed E-state index contributed by atoms with van der Waals surface area (Å²) in [7, 11) is 4.13. The fourth-order valence-electron chi connectivity index (χ4n) is 1.09. The number of nitrogens with two attached hydrogens (primary N) is 1. The minimum atomic E-state index is 0.00916. The van der Waals surface area contributed by atoms with Gasteiger partial charge in [-0.05, 0) is 14.1 Å². The Bertz CT molecular complexity index is 291. The molecule has 0 fully saturated rings. The van der Waals surface area contributed by atoms with Crippen LogP contribution >= 0.6 is 11.3 Å². The molecule has 0 saturated heterocycles. The second-order valence-corrected chi connectivity index (χ2v) is 5.57. The summed E-state index contributed by atoms with van der Waals surface area (Å²) < 4.78 is 0. The molecular formula is C10H19N3S. The highest BCUT2D eigenvalue weighted by Gasteiger charge is 2.22. The molecule has 0 amide bonds. The van der Waals surface area contributed by atoms with E-state index in [1.165, 1.54) is 4.88 Å². The lowest BCUT2D eigenvalue weighted by Crippen LogP contribution is -2.27. The van der Waals surface area contributed by atoms with Crippen LogP contribution in [0.25, 0.3) is 0 Å². The summed E-state index contributed by atoms with van der Waals surface area (Å²) in [4.78, 5) is 7.87. The van der Waals surface area contributed by atoms with Gasteiger partial charge in [0, 0.05) is 29.6 Å². The van der Waals surface area contributed by atoms with E-state index in [4.69, 9.17) is 5.73 Å². The highest BCUT2D eigenvalue weighted by atomic mass is 32.1. The molecule has 0 saturated carbocycles. The fourth-order valence-corrected chi connectivity index (χ4v) is 2.23. The van der Waals surface area contributed by atoms with Crippen LogP contribution in [-0.2, 0) is 12.0 Å². The first-order chi connectivity index (χ1) is 6.45. The Morgan fingerprint density at radius 2 is 2.14 bits per heavy atom. The van der Waals surface area contributed by atoms with E-state index in [0.29, 0.717) is 6.54 Å². The lowest BCUT2D eigenvalue weighted by molar-refractivity contribution is 0.406. The summed E-state index contributed by atoms with van der Waals surface area (Å²) in [6.45, 7) is 5.86. The maximum absolute atomic E-state index is 5.71. The third kappa shape index (κ3) is 2.77. The number of hydrogen-bond donors (Lipinski definition) is 1. The highest BCUT2D eigenvalue weighted by molar-refractivity contribution is 7.11. The maximum atomic E-state index is 5.71. The van der Waals surface area contributed by atoms with Crippen LogP contribution in [0, 0.1) is 0 Å². The first-order valence-electron chi connectivity index (χ1n) is 4.75. The smallest absolute Gasteiger partial charge is 0.0997 e. The van der Waals surface area contributed by atoms with Crippen molar-refractivity contribution >= 4 is 11.3 Å². The van der Waals surface area contributed by atoms with Crippen LogP contribution in [0.5, 0.6) is 0 Å². The van der Waals surface area contributed by atoms with E-state index in [2.05, 4.69) is 37.8 Å². The Kier molecular flexibility index (Phi) is 3.64. The van der Waals surface area contributed by atoms with Gasteiger partial charge in [0.1, 0.15) is 0 Å². The molecular weight excluding hydrogens is 194 g/mol. The average Bonchev–Trinajstić information content (AvgIpc) is 2.52. The van der Waals surface area contributed by atoms with Gasteiger partial charge in [0.25, 0.3) is 0 Å². The zero-order valence-electron chi connectivity index (χ0n) is 9.37. The van der Waals surface area contributed by atoms with E-state index in [9.17, 15) is 0 Å². The van der Waals surface area contributed by atoms with Crippen molar-refractivity contribution in [3.8, 4) is 0 Å². The summed E-state index contributed by atoms with van der Waals surface area (Å²) in [6.07, 6.45) is 1.96. The number of rotatable bonds is 4. The summed E-state index contributed by atoms with van der Waals surface area (Å²) in [5, 5.41) is 1.14. The molecule has 2 N–H and O–H groups in total. The average molecular weight is 213 g/mol. The second-order valence-electron chi connectivity index (χ2n) is 4.46. The predicted molar refractivity (Wildman–Crippen MR) is 61.6 cm³/mol. The minimum absolute atomic E-state index is 0.00916. The molecule has 1 rings (SSSR count). The SMILES string of the molecule is CN(C)Cc1cnc(C(C)(C)CN)s1. The molecule has 1 heterocycles. The lowest BCUT2D eigenvalue weighted by atomic mass is 9.95. The number of thiazole rings is 1. The van der Waals surface area contributed by atoms with Gasteiger partial charge in [-0.3, -0.25) is 0 Å². The summed E-state index contributed by atoms with van der Waals surface area (Å²) in [5.41, 5.74) is 5.71. The van der Waals surface area contributed by atoms with Gasteiger partial charge in [-0.15, -0.1) is 11.3 Å². The second kappa shape index (κ2) is 4.38. The summed E-state index contributed by atoms with van der Waals surface area (Å²) in [5.74, 6) is 0. The molecule has 3 nitrogen and oxygen atoms in total. The van der Waals surface area contributed by atoms with Crippen LogP contribution in [0.3, 0.4) is 0 Å². The van der Waals surface area contributed by atoms with E-state index in [1.54, 1.807) is 11.3 Å². The van der Waals surface area contributed by atoms with Crippen molar-refractivity contribution in [1.29, 1.82) is 0 Å². The largest absolute Gasteiger partial charge is 0.330 e. The molecule has 0 aliphatic heterocycles. The van der Waals surface area contributed by atoms with Gasteiger partial charge in [-0.1, -0.05) is 13.8 Å². The third-order valence-corrected chi connectivity index (χ3v) is 3.46. The van der Waals surface area contributed by atoms with Gasteiger partial charge in [0.2, 0.25) is 0 Å². The monoisotopic (exact) mass is 213 g/mol. The predicted octanol–water partition coefficient (Wildman–Crippen LogP) is 1.44. The quantitative estimate of drug-likeness (QED) is 0.823. The van der Waals surface area contributed by atoms with Gasteiger partial charge in [0.05, 0.1) is 5.01 Å². The Labute approximate surface area is 89.9 Å². The number of hydrogen-bond acceptors (Lipinski definition) is 4. The standard InChI is InChI=1S/C10H19N3S/c1-10(2,7-11)9-12-5-8(14-9)6-13(3)4/h5H,6-7,11H2,1-4H3. The van der Waals surface area contributed by atoms with E-state index in [1.807, 2.05) is 6.20 Å². The van der Waals surface area contributed by atoms with Crippen LogP contribution in [0.2, 0.25) is 0 Å². The van der Waals surface area contributed by atoms with E-state index >= 15 is 0 Å². The van der Waals surface area contributed by atoms with Gasteiger partial charge < -0.3 is 10.6 Å². The first-order valence-corrected chi connectivity index (χ1v) is 5.57. The first kappa shape index (κ1) is 11.6. The van der Waals surface area contributed by atoms with Crippen LogP contribution in [0.15, 0.2) is 6.20 Å². The summed E-state index contributed by atoms with van der Waals surface area (Å²) in [6, 6.07) is 0. The molecule has 0 bridgehead atoms. The molecule has 0 unspecified atom stereocenters. The van der Waals surface area contributed by atoms with E-state index < -0.39 is 0 Å². The van der Waals surface area contributed by atoms with Crippen molar-refractivity contribution in [2.45, 2.75) is 25.8 Å². The Balaban J connectivity index is 2.77. The maximum Gasteiger partial charge on any atom is 0.0997 e. The Hall–Kier alpha value is -0.450. The number of nitrogens with zero attached hydrogens (tertiary/aromatic N) is 2. The highest BCUT2D eigenvalue weighted by Crippen LogP contribution is 2.26. The van der Waals surface area contributed by atoms with Crippen LogP contribution in [0.1, 0.15) is 23.7 Å². The van der Waals surface area contributed by atoms with Crippen molar-refractivity contribution < 1.29 is 0 Å². The Morgan fingerprint density at radius 1 is 1.50 bits per heavy atom. The molecule has 0 atom stereocenters. The van der Waals surface area contributed by atoms with Crippen molar-refractivity contribution in [2.75, 3.05) is 20.6 Å². The molecule has 1 aromatic rings. The Morgan fingerprint density at radius 3 is 2.64 bits per heavy atom. The van der Waals surface area contributed by atoms with E-state index in [-0.39, 0.29) is 5.41 Å². The fraction of sp³-hybridized carbons (Fsp3) is 0.700.